The zero-order valence-corrected chi connectivity index (χ0v) is 23.2. The van der Waals surface area contributed by atoms with Gasteiger partial charge >= 0.3 is 0 Å². The van der Waals surface area contributed by atoms with Crippen LogP contribution in [0, 0.1) is 0 Å². The fourth-order valence-electron chi connectivity index (χ4n) is 6.10. The van der Waals surface area contributed by atoms with Gasteiger partial charge in [-0.05, 0) is 79.1 Å². The third kappa shape index (κ3) is 6.15. The van der Waals surface area contributed by atoms with Gasteiger partial charge in [-0.2, -0.15) is 0 Å². The number of anilines is 1. The monoisotopic (exact) mass is 552 g/mol. The number of hydrogen-bond donors (Lipinski definition) is 1. The lowest BCUT2D eigenvalue weighted by molar-refractivity contribution is -0.127. The predicted octanol–water partition coefficient (Wildman–Crippen LogP) is 4.94. The van der Waals surface area contributed by atoms with Gasteiger partial charge in [0.05, 0.1) is 11.6 Å². The molecule has 212 valence electrons. The molecule has 1 saturated heterocycles. The van der Waals surface area contributed by atoms with Crippen LogP contribution in [0.2, 0.25) is 0 Å². The lowest BCUT2D eigenvalue weighted by Crippen LogP contribution is -2.46. The van der Waals surface area contributed by atoms with E-state index in [4.69, 9.17) is 4.74 Å². The molecule has 0 radical (unpaired) electrons. The molecule has 1 aliphatic heterocycles. The van der Waals surface area contributed by atoms with Gasteiger partial charge in [-0.1, -0.05) is 48.7 Å². The van der Waals surface area contributed by atoms with E-state index in [1.807, 2.05) is 36.4 Å². The highest BCUT2D eigenvalue weighted by Crippen LogP contribution is 2.35. The van der Waals surface area contributed by atoms with E-state index in [0.29, 0.717) is 35.8 Å². The van der Waals surface area contributed by atoms with Crippen LogP contribution in [0.25, 0.3) is 11.0 Å². The summed E-state index contributed by atoms with van der Waals surface area (Å²) in [5, 5.41) is 11.5. The third-order valence-electron chi connectivity index (χ3n) is 8.28. The Morgan fingerprint density at radius 1 is 0.951 bits per heavy atom. The number of benzene rings is 2. The fourth-order valence-corrected chi connectivity index (χ4v) is 6.10. The third-order valence-corrected chi connectivity index (χ3v) is 8.28. The van der Waals surface area contributed by atoms with E-state index in [0.717, 1.165) is 18.4 Å². The number of nitrogens with one attached hydrogen (secondary N) is 1. The van der Waals surface area contributed by atoms with Gasteiger partial charge in [-0.3, -0.25) is 19.5 Å². The van der Waals surface area contributed by atoms with Gasteiger partial charge in [0.1, 0.15) is 18.1 Å². The molecule has 2 fully saturated rings. The number of rotatable bonds is 9. The van der Waals surface area contributed by atoms with Crippen LogP contribution >= 0.6 is 0 Å². The predicted molar refractivity (Wildman–Crippen MR) is 156 cm³/mol. The summed E-state index contributed by atoms with van der Waals surface area (Å²) in [6, 6.07) is 18.4. The topological polar surface area (TPSA) is 102 Å². The zero-order valence-electron chi connectivity index (χ0n) is 23.2. The largest absolute Gasteiger partial charge is 0.376 e. The number of pyridine rings is 1. The molecule has 2 aromatic heterocycles. The summed E-state index contributed by atoms with van der Waals surface area (Å²) in [6.45, 7) is 1.04. The Morgan fingerprint density at radius 3 is 2.49 bits per heavy atom. The molecule has 2 amide bonds. The van der Waals surface area contributed by atoms with Gasteiger partial charge in [-0.15, -0.1) is 5.10 Å². The molecule has 4 aromatic rings. The van der Waals surface area contributed by atoms with Crippen LogP contribution in [0.4, 0.5) is 5.69 Å². The molecule has 2 atom stereocenters. The van der Waals surface area contributed by atoms with Crippen molar-refractivity contribution in [3.8, 4) is 0 Å². The highest BCUT2D eigenvalue weighted by Gasteiger charge is 2.34. The molecule has 0 bridgehead atoms. The number of nitrogens with zero attached hydrogens (tertiary/aromatic N) is 5. The molecule has 2 aromatic carbocycles. The van der Waals surface area contributed by atoms with Crippen molar-refractivity contribution in [2.24, 2.45) is 0 Å². The quantitative estimate of drug-likeness (QED) is 0.316. The molecular formula is C32H36N6O3. The van der Waals surface area contributed by atoms with Gasteiger partial charge in [0, 0.05) is 31.2 Å². The van der Waals surface area contributed by atoms with Gasteiger partial charge < -0.3 is 10.1 Å². The average molecular weight is 553 g/mol. The number of aromatic nitrogens is 4. The number of carbonyl (C=O) groups is 2. The maximum Gasteiger partial charge on any atom is 0.249 e. The first-order valence-corrected chi connectivity index (χ1v) is 14.7. The van der Waals surface area contributed by atoms with E-state index >= 15 is 0 Å². The Morgan fingerprint density at radius 2 is 1.73 bits per heavy atom. The summed E-state index contributed by atoms with van der Waals surface area (Å²) in [7, 11) is 0. The first kappa shape index (κ1) is 27.1. The van der Waals surface area contributed by atoms with E-state index < -0.39 is 6.04 Å². The minimum atomic E-state index is -0.901. The summed E-state index contributed by atoms with van der Waals surface area (Å²) in [4.78, 5) is 33.9. The highest BCUT2D eigenvalue weighted by molar-refractivity contribution is 6.01. The second kappa shape index (κ2) is 12.6. The van der Waals surface area contributed by atoms with Crippen molar-refractivity contribution in [1.82, 2.24) is 25.3 Å². The van der Waals surface area contributed by atoms with Crippen molar-refractivity contribution in [3.63, 3.8) is 0 Å². The lowest BCUT2D eigenvalue weighted by atomic mass is 9.84. The second-order valence-corrected chi connectivity index (χ2v) is 11.0. The Bertz CT molecular complexity index is 1460. The maximum absolute atomic E-state index is 14.2. The zero-order chi connectivity index (χ0) is 28.0. The summed E-state index contributed by atoms with van der Waals surface area (Å²) >= 11 is 0. The number of hydrogen-bond acceptors (Lipinski definition) is 6. The standard InChI is InChI=1S/C32H36N6O3/c39-30(22-37-29-11-5-4-10-28(29)35-36-37)38(26-14-12-24(13-15-26)23-7-2-1-3-8-23)31(25-16-18-33-19-17-25)32(40)34-21-27-9-6-20-41-27/h4-5,10-19,23,27,31H,1-3,6-9,20-22H2,(H,34,40). The molecule has 3 heterocycles. The molecule has 2 aliphatic rings. The van der Waals surface area contributed by atoms with Gasteiger partial charge in [-0.25, -0.2) is 4.68 Å². The molecule has 6 rings (SSSR count). The lowest BCUT2D eigenvalue weighted by Gasteiger charge is -2.32. The average Bonchev–Trinajstić information content (AvgIpc) is 3.70. The number of carbonyl (C=O) groups excluding carboxylic acids is 2. The molecule has 1 N–H and O–H groups in total. The molecule has 1 aliphatic carbocycles. The Kier molecular flexibility index (Phi) is 8.32. The molecule has 9 nitrogen and oxygen atoms in total. The van der Waals surface area contributed by atoms with Gasteiger partial charge in [0.15, 0.2) is 0 Å². The Hall–Kier alpha value is -4.11. The first-order valence-electron chi connectivity index (χ1n) is 14.7. The van der Waals surface area contributed by atoms with E-state index in [1.54, 1.807) is 34.1 Å². The summed E-state index contributed by atoms with van der Waals surface area (Å²) < 4.78 is 7.33. The van der Waals surface area contributed by atoms with Gasteiger partial charge in [0.2, 0.25) is 11.8 Å². The SMILES string of the molecule is O=C(NCC1CCCO1)C(c1ccncc1)N(C(=O)Cn1nnc2ccccc21)c1ccc(C2CCCCC2)cc1. The van der Waals surface area contributed by atoms with Crippen LogP contribution in [-0.4, -0.2) is 51.0 Å². The molecule has 9 heteroatoms. The van der Waals surface area contributed by atoms with Crippen LogP contribution in [0.1, 0.15) is 68.0 Å². The van der Waals surface area contributed by atoms with Crippen molar-refractivity contribution >= 4 is 28.5 Å². The first-order chi connectivity index (χ1) is 20.2. The highest BCUT2D eigenvalue weighted by atomic mass is 16.5. The van der Waals surface area contributed by atoms with Crippen molar-refractivity contribution < 1.29 is 14.3 Å². The smallest absolute Gasteiger partial charge is 0.249 e. The Balaban J connectivity index is 1.35. The maximum atomic E-state index is 14.2. The van der Waals surface area contributed by atoms with Crippen LogP contribution in [-0.2, 0) is 20.9 Å². The van der Waals surface area contributed by atoms with Crippen molar-refractivity contribution in [2.45, 2.75) is 69.6 Å². The molecule has 1 saturated carbocycles. The van der Waals surface area contributed by atoms with Crippen LogP contribution in [0.5, 0.6) is 0 Å². The Labute approximate surface area is 239 Å². The van der Waals surface area contributed by atoms with Crippen molar-refractivity contribution in [3.05, 3.63) is 84.2 Å². The van der Waals surface area contributed by atoms with E-state index in [-0.39, 0.29) is 24.5 Å². The summed E-state index contributed by atoms with van der Waals surface area (Å²) in [5.41, 5.74) is 4.10. The molecule has 41 heavy (non-hydrogen) atoms. The number of amides is 2. The molecule has 2 unspecified atom stereocenters. The minimum absolute atomic E-state index is 0.0162. The van der Waals surface area contributed by atoms with Crippen molar-refractivity contribution in [1.29, 1.82) is 0 Å². The van der Waals surface area contributed by atoms with Crippen LogP contribution in [0.3, 0.4) is 0 Å². The number of para-hydroxylation sites is 1. The molecule has 0 spiro atoms. The summed E-state index contributed by atoms with van der Waals surface area (Å²) in [6.07, 6.45) is 11.3. The minimum Gasteiger partial charge on any atom is -0.376 e. The fraction of sp³-hybridized carbons (Fsp3) is 0.406. The number of ether oxygens (including phenoxy) is 1. The number of fused-ring (bicyclic) bond motifs is 1. The van der Waals surface area contributed by atoms with Gasteiger partial charge in [0.25, 0.3) is 0 Å². The normalized spacial score (nSPS) is 18.3. The second-order valence-electron chi connectivity index (χ2n) is 11.0. The van der Waals surface area contributed by atoms with E-state index in [2.05, 4.69) is 32.7 Å². The van der Waals surface area contributed by atoms with E-state index in [9.17, 15) is 9.59 Å². The van der Waals surface area contributed by atoms with E-state index in [1.165, 1.54) is 37.7 Å². The molecular weight excluding hydrogens is 516 g/mol. The van der Waals surface area contributed by atoms with Crippen molar-refractivity contribution in [2.75, 3.05) is 18.1 Å². The van der Waals surface area contributed by atoms with Crippen LogP contribution < -0.4 is 10.2 Å². The van der Waals surface area contributed by atoms with Crippen LogP contribution in [0.15, 0.2) is 73.1 Å². The summed E-state index contributed by atoms with van der Waals surface area (Å²) in [5.74, 6) is 0.00849.